The lowest BCUT2D eigenvalue weighted by atomic mass is 10.0. The Balaban J connectivity index is 0.00000200. The van der Waals surface area contributed by atoms with E-state index in [0.717, 1.165) is 31.7 Å². The number of aliphatic hydroxyl groups is 1. The molecule has 0 aromatic heterocycles. The zero-order valence-electron chi connectivity index (χ0n) is 12.0. The van der Waals surface area contributed by atoms with Crippen LogP contribution >= 0.6 is 12.4 Å². The van der Waals surface area contributed by atoms with Gasteiger partial charge in [-0.1, -0.05) is 12.1 Å². The van der Waals surface area contributed by atoms with E-state index in [9.17, 15) is 5.11 Å². The molecule has 1 saturated heterocycles. The van der Waals surface area contributed by atoms with Crippen molar-refractivity contribution in [1.29, 1.82) is 0 Å². The summed E-state index contributed by atoms with van der Waals surface area (Å²) in [5, 5.41) is 13.1. The Bertz CT molecular complexity index is 411. The molecule has 5 nitrogen and oxygen atoms in total. The van der Waals surface area contributed by atoms with Crippen molar-refractivity contribution >= 4 is 12.4 Å². The first kappa shape index (κ1) is 17.0. The van der Waals surface area contributed by atoms with Crippen molar-refractivity contribution in [3.63, 3.8) is 0 Å². The number of aliphatic hydroxyl groups excluding tert-OH is 1. The molecule has 0 spiro atoms. The number of nitrogens with zero attached hydrogens (tertiary/aromatic N) is 1. The van der Waals surface area contributed by atoms with Crippen molar-refractivity contribution in [2.45, 2.75) is 6.04 Å². The number of hydrogen-bond donors (Lipinski definition) is 2. The van der Waals surface area contributed by atoms with Gasteiger partial charge in [0.05, 0.1) is 26.9 Å². The third kappa shape index (κ3) is 3.55. The minimum absolute atomic E-state index is 0. The van der Waals surface area contributed by atoms with E-state index >= 15 is 0 Å². The van der Waals surface area contributed by atoms with E-state index in [1.807, 2.05) is 18.2 Å². The highest BCUT2D eigenvalue weighted by molar-refractivity contribution is 5.85. The summed E-state index contributed by atoms with van der Waals surface area (Å²) in [4.78, 5) is 2.27. The largest absolute Gasteiger partial charge is 0.493 e. The first-order valence-electron chi connectivity index (χ1n) is 6.58. The van der Waals surface area contributed by atoms with E-state index in [4.69, 9.17) is 9.47 Å². The van der Waals surface area contributed by atoms with E-state index in [1.54, 1.807) is 14.2 Å². The Morgan fingerprint density at radius 2 is 1.95 bits per heavy atom. The molecule has 6 heteroatoms. The minimum atomic E-state index is -0.0489. The monoisotopic (exact) mass is 302 g/mol. The molecule has 114 valence electrons. The highest BCUT2D eigenvalue weighted by Crippen LogP contribution is 2.36. The minimum Gasteiger partial charge on any atom is -0.493 e. The summed E-state index contributed by atoms with van der Waals surface area (Å²) in [6.45, 7) is 3.81. The van der Waals surface area contributed by atoms with Gasteiger partial charge in [-0.3, -0.25) is 4.90 Å². The molecule has 2 rings (SSSR count). The predicted molar refractivity (Wildman–Crippen MR) is 81.1 cm³/mol. The molecule has 1 aromatic carbocycles. The zero-order chi connectivity index (χ0) is 13.7. The van der Waals surface area contributed by atoms with E-state index in [-0.39, 0.29) is 25.1 Å². The summed E-state index contributed by atoms with van der Waals surface area (Å²) in [5.41, 5.74) is 0.978. The van der Waals surface area contributed by atoms with Crippen LogP contribution in [0.3, 0.4) is 0 Å². The summed E-state index contributed by atoms with van der Waals surface area (Å²) in [6.07, 6.45) is 0. The van der Waals surface area contributed by atoms with Crippen LogP contribution in [0.1, 0.15) is 11.6 Å². The second-order valence-corrected chi connectivity index (χ2v) is 4.57. The van der Waals surface area contributed by atoms with Crippen LogP contribution in [-0.2, 0) is 0 Å². The molecule has 1 aromatic rings. The van der Waals surface area contributed by atoms with Crippen LogP contribution in [0.4, 0.5) is 0 Å². The molecule has 0 unspecified atom stereocenters. The Morgan fingerprint density at radius 3 is 2.50 bits per heavy atom. The van der Waals surface area contributed by atoms with Gasteiger partial charge < -0.3 is 19.9 Å². The molecular formula is C14H23ClN2O3. The SMILES string of the molecule is COc1cccc([C@@H](CO)N2CCNCC2)c1OC.Cl. The number of piperazine rings is 1. The first-order valence-corrected chi connectivity index (χ1v) is 6.58. The summed E-state index contributed by atoms with van der Waals surface area (Å²) >= 11 is 0. The van der Waals surface area contributed by atoms with Crippen LogP contribution in [0.2, 0.25) is 0 Å². The van der Waals surface area contributed by atoms with Gasteiger partial charge in [-0.2, -0.15) is 0 Å². The molecule has 0 amide bonds. The quantitative estimate of drug-likeness (QED) is 0.852. The number of ether oxygens (including phenoxy) is 2. The van der Waals surface area contributed by atoms with Gasteiger partial charge in [0.1, 0.15) is 0 Å². The number of para-hydroxylation sites is 1. The van der Waals surface area contributed by atoms with Gasteiger partial charge >= 0.3 is 0 Å². The lowest BCUT2D eigenvalue weighted by Gasteiger charge is -2.34. The molecule has 0 bridgehead atoms. The number of methoxy groups -OCH3 is 2. The number of rotatable bonds is 5. The van der Waals surface area contributed by atoms with Crippen LogP contribution in [-0.4, -0.2) is 57.0 Å². The van der Waals surface area contributed by atoms with Crippen LogP contribution in [0.25, 0.3) is 0 Å². The van der Waals surface area contributed by atoms with Gasteiger partial charge in [-0.15, -0.1) is 12.4 Å². The van der Waals surface area contributed by atoms with E-state index in [2.05, 4.69) is 10.2 Å². The Labute approximate surface area is 126 Å². The molecule has 0 aliphatic carbocycles. The highest BCUT2D eigenvalue weighted by atomic mass is 35.5. The average Bonchev–Trinajstić information content (AvgIpc) is 2.48. The van der Waals surface area contributed by atoms with E-state index in [0.29, 0.717) is 11.5 Å². The maximum absolute atomic E-state index is 9.76. The van der Waals surface area contributed by atoms with Crippen LogP contribution in [0.5, 0.6) is 11.5 Å². The summed E-state index contributed by atoms with van der Waals surface area (Å²) in [7, 11) is 3.26. The molecule has 0 radical (unpaired) electrons. The smallest absolute Gasteiger partial charge is 0.165 e. The fourth-order valence-corrected chi connectivity index (χ4v) is 2.58. The topological polar surface area (TPSA) is 54.0 Å². The molecule has 20 heavy (non-hydrogen) atoms. The molecule has 1 heterocycles. The third-order valence-corrected chi connectivity index (χ3v) is 3.56. The van der Waals surface area contributed by atoms with Crippen LogP contribution < -0.4 is 14.8 Å². The molecule has 2 N–H and O–H groups in total. The van der Waals surface area contributed by atoms with Crippen molar-refractivity contribution in [1.82, 2.24) is 10.2 Å². The van der Waals surface area contributed by atoms with E-state index < -0.39 is 0 Å². The summed E-state index contributed by atoms with van der Waals surface area (Å²) < 4.78 is 10.8. The van der Waals surface area contributed by atoms with Crippen molar-refractivity contribution in [2.75, 3.05) is 47.0 Å². The number of benzene rings is 1. The standard InChI is InChI=1S/C14H22N2O3.ClH/c1-18-13-5-3-4-11(14(13)19-2)12(10-17)16-8-6-15-7-9-16;/h3-5,12,15,17H,6-10H2,1-2H3;1H/t12-;/m1./s1. The van der Waals surface area contributed by atoms with Crippen LogP contribution in [0.15, 0.2) is 18.2 Å². The Hall–Kier alpha value is -1.01. The number of halogens is 1. The molecule has 1 atom stereocenters. The van der Waals surface area contributed by atoms with Crippen LogP contribution in [0, 0.1) is 0 Å². The van der Waals surface area contributed by atoms with Gasteiger partial charge in [-0.05, 0) is 6.07 Å². The average molecular weight is 303 g/mol. The second-order valence-electron chi connectivity index (χ2n) is 4.57. The van der Waals surface area contributed by atoms with E-state index in [1.165, 1.54) is 0 Å². The normalized spacial score (nSPS) is 17.1. The van der Waals surface area contributed by atoms with Crippen molar-refractivity contribution < 1.29 is 14.6 Å². The third-order valence-electron chi connectivity index (χ3n) is 3.56. The molecule has 0 saturated carbocycles. The second kappa shape index (κ2) is 8.32. The highest BCUT2D eigenvalue weighted by Gasteiger charge is 2.25. The predicted octanol–water partition coefficient (Wildman–Crippen LogP) is 1.06. The Kier molecular flexibility index (Phi) is 7.09. The van der Waals surface area contributed by atoms with Crippen molar-refractivity contribution in [3.8, 4) is 11.5 Å². The molecule has 1 fully saturated rings. The lowest BCUT2D eigenvalue weighted by molar-refractivity contribution is 0.108. The van der Waals surface area contributed by atoms with Gasteiger partial charge in [0, 0.05) is 31.7 Å². The number of hydrogen-bond acceptors (Lipinski definition) is 5. The van der Waals surface area contributed by atoms with Gasteiger partial charge in [0.2, 0.25) is 0 Å². The van der Waals surface area contributed by atoms with Crippen molar-refractivity contribution in [2.24, 2.45) is 0 Å². The zero-order valence-corrected chi connectivity index (χ0v) is 12.8. The summed E-state index contributed by atoms with van der Waals surface area (Å²) in [6, 6.07) is 5.74. The molecular weight excluding hydrogens is 280 g/mol. The molecule has 1 aliphatic rings. The summed E-state index contributed by atoms with van der Waals surface area (Å²) in [5.74, 6) is 1.41. The maximum atomic E-state index is 9.76. The number of nitrogens with one attached hydrogen (secondary N) is 1. The fourth-order valence-electron chi connectivity index (χ4n) is 2.58. The van der Waals surface area contributed by atoms with Crippen molar-refractivity contribution in [3.05, 3.63) is 23.8 Å². The van der Waals surface area contributed by atoms with Gasteiger partial charge in [-0.25, -0.2) is 0 Å². The Morgan fingerprint density at radius 1 is 1.25 bits per heavy atom. The maximum Gasteiger partial charge on any atom is 0.165 e. The van der Waals surface area contributed by atoms with Gasteiger partial charge in [0.25, 0.3) is 0 Å². The lowest BCUT2D eigenvalue weighted by Crippen LogP contribution is -2.46. The fraction of sp³-hybridized carbons (Fsp3) is 0.571. The first-order chi connectivity index (χ1) is 9.31. The van der Waals surface area contributed by atoms with Gasteiger partial charge in [0.15, 0.2) is 11.5 Å². The molecule has 1 aliphatic heterocycles.